The molecule has 1 unspecified atom stereocenters. The minimum Gasteiger partial charge on any atom is -0.349 e. The standard InChI is InChI=1S/C11H18N4OS/c1-7(2)9-13-10(15-14-9)11(16)12-5-8-3-4-17-6-8/h7-8H,3-6H2,1-2H3,(H,12,16)(H,13,14,15). The Bertz CT molecular complexity index is 385. The van der Waals surface area contributed by atoms with E-state index in [1.165, 1.54) is 12.2 Å². The number of H-pyrrole nitrogens is 1. The van der Waals surface area contributed by atoms with Gasteiger partial charge in [-0.15, -0.1) is 5.10 Å². The molecule has 2 rings (SSSR count). The fourth-order valence-electron chi connectivity index (χ4n) is 1.69. The van der Waals surface area contributed by atoms with E-state index in [0.29, 0.717) is 5.92 Å². The molecule has 2 heterocycles. The number of carbonyl (C=O) groups excluding carboxylic acids is 1. The topological polar surface area (TPSA) is 70.7 Å². The quantitative estimate of drug-likeness (QED) is 0.852. The fraction of sp³-hybridized carbons (Fsp3) is 0.727. The van der Waals surface area contributed by atoms with Crippen molar-refractivity contribution >= 4 is 17.7 Å². The van der Waals surface area contributed by atoms with E-state index in [4.69, 9.17) is 0 Å². The highest BCUT2D eigenvalue weighted by Gasteiger charge is 2.18. The van der Waals surface area contributed by atoms with Gasteiger partial charge in [0.2, 0.25) is 5.82 Å². The van der Waals surface area contributed by atoms with Crippen molar-refractivity contribution in [3.05, 3.63) is 11.6 Å². The molecule has 1 aromatic rings. The number of aromatic nitrogens is 3. The highest BCUT2D eigenvalue weighted by atomic mass is 32.2. The van der Waals surface area contributed by atoms with Gasteiger partial charge in [0.25, 0.3) is 5.91 Å². The summed E-state index contributed by atoms with van der Waals surface area (Å²) < 4.78 is 0. The van der Waals surface area contributed by atoms with Gasteiger partial charge in [0, 0.05) is 12.5 Å². The van der Waals surface area contributed by atoms with Crippen LogP contribution >= 0.6 is 11.8 Å². The predicted octanol–water partition coefficient (Wildman–Crippen LogP) is 1.41. The molecule has 5 nitrogen and oxygen atoms in total. The van der Waals surface area contributed by atoms with Crippen molar-refractivity contribution in [2.24, 2.45) is 5.92 Å². The largest absolute Gasteiger partial charge is 0.349 e. The number of amides is 1. The van der Waals surface area contributed by atoms with Crippen molar-refractivity contribution in [2.75, 3.05) is 18.1 Å². The minimum absolute atomic E-state index is 0.176. The van der Waals surface area contributed by atoms with Crippen LogP contribution in [0.15, 0.2) is 0 Å². The summed E-state index contributed by atoms with van der Waals surface area (Å²) in [6, 6.07) is 0. The Balaban J connectivity index is 1.85. The second-order valence-corrected chi connectivity index (χ2v) is 5.79. The Kier molecular flexibility index (Phi) is 4.04. The molecular weight excluding hydrogens is 236 g/mol. The molecule has 0 spiro atoms. The van der Waals surface area contributed by atoms with Gasteiger partial charge in [0.1, 0.15) is 5.82 Å². The normalized spacial score (nSPS) is 19.8. The van der Waals surface area contributed by atoms with Crippen molar-refractivity contribution in [1.82, 2.24) is 20.5 Å². The summed E-state index contributed by atoms with van der Waals surface area (Å²) in [5.41, 5.74) is 0. The first-order valence-electron chi connectivity index (χ1n) is 5.95. The van der Waals surface area contributed by atoms with E-state index in [0.717, 1.165) is 18.1 Å². The third kappa shape index (κ3) is 3.21. The Morgan fingerprint density at radius 2 is 2.47 bits per heavy atom. The summed E-state index contributed by atoms with van der Waals surface area (Å²) in [7, 11) is 0. The Morgan fingerprint density at radius 3 is 3.06 bits per heavy atom. The van der Waals surface area contributed by atoms with Crippen molar-refractivity contribution in [3.63, 3.8) is 0 Å². The molecule has 17 heavy (non-hydrogen) atoms. The van der Waals surface area contributed by atoms with Crippen molar-refractivity contribution in [3.8, 4) is 0 Å². The van der Waals surface area contributed by atoms with E-state index in [2.05, 4.69) is 20.5 Å². The van der Waals surface area contributed by atoms with Gasteiger partial charge in [0.15, 0.2) is 0 Å². The van der Waals surface area contributed by atoms with Crippen molar-refractivity contribution in [1.29, 1.82) is 0 Å². The van der Waals surface area contributed by atoms with Crippen molar-refractivity contribution in [2.45, 2.75) is 26.2 Å². The third-order valence-electron chi connectivity index (χ3n) is 2.83. The van der Waals surface area contributed by atoms with Gasteiger partial charge in [-0.2, -0.15) is 11.8 Å². The lowest BCUT2D eigenvalue weighted by molar-refractivity contribution is 0.0938. The van der Waals surface area contributed by atoms with Crippen LogP contribution in [-0.2, 0) is 0 Å². The van der Waals surface area contributed by atoms with Crippen LogP contribution < -0.4 is 5.32 Å². The zero-order valence-electron chi connectivity index (χ0n) is 10.2. The predicted molar refractivity (Wildman–Crippen MR) is 68.2 cm³/mol. The van der Waals surface area contributed by atoms with Crippen LogP contribution in [0.25, 0.3) is 0 Å². The summed E-state index contributed by atoms with van der Waals surface area (Å²) in [5, 5.41) is 9.61. The van der Waals surface area contributed by atoms with Gasteiger partial charge in [-0.3, -0.25) is 9.89 Å². The summed E-state index contributed by atoms with van der Waals surface area (Å²) in [6.45, 7) is 4.76. The lowest BCUT2D eigenvalue weighted by Gasteiger charge is -2.07. The molecule has 1 aliphatic rings. The van der Waals surface area contributed by atoms with Gasteiger partial charge in [-0.05, 0) is 23.8 Å². The second-order valence-electron chi connectivity index (χ2n) is 4.64. The lowest BCUT2D eigenvalue weighted by atomic mass is 10.1. The molecule has 1 amide bonds. The van der Waals surface area contributed by atoms with Crippen LogP contribution in [0.5, 0.6) is 0 Å². The second kappa shape index (κ2) is 5.53. The van der Waals surface area contributed by atoms with Gasteiger partial charge < -0.3 is 5.32 Å². The van der Waals surface area contributed by atoms with E-state index in [1.54, 1.807) is 0 Å². The number of carbonyl (C=O) groups is 1. The molecular formula is C11H18N4OS. The third-order valence-corrected chi connectivity index (χ3v) is 4.06. The van der Waals surface area contributed by atoms with Gasteiger partial charge in [0.05, 0.1) is 0 Å². The van der Waals surface area contributed by atoms with Gasteiger partial charge in [-0.25, -0.2) is 4.98 Å². The maximum absolute atomic E-state index is 11.8. The smallest absolute Gasteiger partial charge is 0.290 e. The maximum atomic E-state index is 11.8. The first-order chi connectivity index (χ1) is 8.16. The van der Waals surface area contributed by atoms with Crippen LogP contribution in [0.3, 0.4) is 0 Å². The summed E-state index contributed by atoms with van der Waals surface area (Å²) in [6.07, 6.45) is 1.19. The zero-order valence-corrected chi connectivity index (χ0v) is 11.0. The van der Waals surface area contributed by atoms with Crippen LogP contribution in [0.4, 0.5) is 0 Å². The first kappa shape index (κ1) is 12.4. The first-order valence-corrected chi connectivity index (χ1v) is 7.10. The van der Waals surface area contributed by atoms with Crippen LogP contribution in [0.2, 0.25) is 0 Å². The molecule has 0 aliphatic carbocycles. The molecule has 1 atom stereocenters. The molecule has 0 aromatic carbocycles. The van der Waals surface area contributed by atoms with E-state index < -0.39 is 0 Å². The van der Waals surface area contributed by atoms with Gasteiger partial charge >= 0.3 is 0 Å². The highest BCUT2D eigenvalue weighted by Crippen LogP contribution is 2.22. The van der Waals surface area contributed by atoms with E-state index in [9.17, 15) is 4.79 Å². The number of nitrogens with one attached hydrogen (secondary N) is 2. The fourth-order valence-corrected chi connectivity index (χ4v) is 2.98. The minimum atomic E-state index is -0.176. The number of thioether (sulfide) groups is 1. The van der Waals surface area contributed by atoms with E-state index in [1.807, 2.05) is 25.6 Å². The molecule has 1 aliphatic heterocycles. The molecule has 0 saturated carbocycles. The number of hydrogen-bond acceptors (Lipinski definition) is 4. The maximum Gasteiger partial charge on any atom is 0.290 e. The Morgan fingerprint density at radius 1 is 1.65 bits per heavy atom. The molecule has 6 heteroatoms. The lowest BCUT2D eigenvalue weighted by Crippen LogP contribution is -2.30. The Labute approximate surface area is 105 Å². The average molecular weight is 254 g/mol. The molecule has 0 radical (unpaired) electrons. The summed E-state index contributed by atoms with van der Waals surface area (Å²) >= 11 is 1.95. The molecule has 2 N–H and O–H groups in total. The average Bonchev–Trinajstić information content (AvgIpc) is 2.96. The number of aromatic amines is 1. The number of nitrogens with zero attached hydrogens (tertiary/aromatic N) is 2. The Hall–Kier alpha value is -1.04. The summed E-state index contributed by atoms with van der Waals surface area (Å²) in [5.74, 6) is 4.04. The monoisotopic (exact) mass is 254 g/mol. The molecule has 1 fully saturated rings. The molecule has 1 saturated heterocycles. The van der Waals surface area contributed by atoms with Gasteiger partial charge in [-0.1, -0.05) is 13.8 Å². The zero-order chi connectivity index (χ0) is 12.3. The SMILES string of the molecule is CC(C)c1nc(C(=O)NCC2CCSC2)n[nH]1. The number of hydrogen-bond donors (Lipinski definition) is 2. The molecule has 0 bridgehead atoms. The van der Waals surface area contributed by atoms with Crippen LogP contribution in [0.1, 0.15) is 42.6 Å². The van der Waals surface area contributed by atoms with Crippen LogP contribution in [0, 0.1) is 5.92 Å². The van der Waals surface area contributed by atoms with Crippen LogP contribution in [-0.4, -0.2) is 39.1 Å². The van der Waals surface area contributed by atoms with E-state index >= 15 is 0 Å². The summed E-state index contributed by atoms with van der Waals surface area (Å²) in [4.78, 5) is 15.9. The van der Waals surface area contributed by atoms with Crippen molar-refractivity contribution < 1.29 is 4.79 Å². The highest BCUT2D eigenvalue weighted by molar-refractivity contribution is 7.99. The molecule has 94 valence electrons. The number of rotatable bonds is 4. The van der Waals surface area contributed by atoms with E-state index in [-0.39, 0.29) is 17.6 Å². The molecule has 1 aromatic heterocycles.